The first kappa shape index (κ1) is 19.4. The molecule has 0 aliphatic heterocycles. The van der Waals surface area contributed by atoms with Crippen LogP contribution in [0.3, 0.4) is 0 Å². The molecule has 3 rings (SSSR count). The number of nitrogens with zero attached hydrogens (tertiary/aromatic N) is 2. The maximum absolute atomic E-state index is 12.5. The zero-order valence-electron chi connectivity index (χ0n) is 16.3. The normalized spacial score (nSPS) is 10.4. The fourth-order valence-corrected chi connectivity index (χ4v) is 3.03. The summed E-state index contributed by atoms with van der Waals surface area (Å²) < 4.78 is 5.36. The molecule has 6 nitrogen and oxygen atoms in total. The van der Waals surface area contributed by atoms with Crippen LogP contribution in [0, 0.1) is 13.8 Å². The number of aryl methyl sites for hydroxylation is 2. The molecule has 1 heterocycles. The van der Waals surface area contributed by atoms with Crippen molar-refractivity contribution in [1.82, 2.24) is 9.97 Å². The third-order valence-corrected chi connectivity index (χ3v) is 4.24. The Labute approximate surface area is 165 Å². The molecule has 28 heavy (non-hydrogen) atoms. The second kappa shape index (κ2) is 8.99. The number of anilines is 2. The Balaban J connectivity index is 1.62. The molecule has 1 amide bonds. The topological polar surface area (TPSA) is 76.1 Å². The molecule has 0 spiro atoms. The van der Waals surface area contributed by atoms with Crippen LogP contribution in [-0.2, 0) is 6.42 Å². The highest BCUT2D eigenvalue weighted by molar-refractivity contribution is 6.03. The second-order valence-corrected chi connectivity index (χ2v) is 6.58. The Morgan fingerprint density at radius 1 is 1.07 bits per heavy atom. The standard InChI is InChI=1S/C22H24N4O2/c1-15-12-16(2)14-18(13-15)25-21(27)19-9-11-24-22(26-19)23-10-8-17-6-4-5-7-20(17)28-3/h4-7,9,11-14H,8,10H2,1-3H3,(H,25,27)(H,23,24,26). The van der Waals surface area contributed by atoms with Gasteiger partial charge in [-0.25, -0.2) is 9.97 Å². The number of nitrogens with one attached hydrogen (secondary N) is 2. The lowest BCUT2D eigenvalue weighted by Crippen LogP contribution is -2.16. The molecule has 0 aliphatic rings. The van der Waals surface area contributed by atoms with Crippen LogP contribution in [0.4, 0.5) is 11.6 Å². The van der Waals surface area contributed by atoms with E-state index in [1.165, 1.54) is 0 Å². The summed E-state index contributed by atoms with van der Waals surface area (Å²) in [4.78, 5) is 21.0. The minimum Gasteiger partial charge on any atom is -0.496 e. The number of methoxy groups -OCH3 is 1. The number of rotatable bonds is 7. The monoisotopic (exact) mass is 376 g/mol. The molecule has 0 atom stereocenters. The molecule has 6 heteroatoms. The smallest absolute Gasteiger partial charge is 0.274 e. The SMILES string of the molecule is COc1ccccc1CCNc1nccc(C(=O)Nc2cc(C)cc(C)c2)n1. The summed E-state index contributed by atoms with van der Waals surface area (Å²) in [5, 5.41) is 6.05. The molecule has 0 unspecified atom stereocenters. The lowest BCUT2D eigenvalue weighted by atomic mass is 10.1. The van der Waals surface area contributed by atoms with Gasteiger partial charge in [0.1, 0.15) is 11.4 Å². The predicted octanol–water partition coefficient (Wildman–Crippen LogP) is 4.01. The van der Waals surface area contributed by atoms with Crippen molar-refractivity contribution in [3.63, 3.8) is 0 Å². The van der Waals surface area contributed by atoms with Gasteiger partial charge in [0.25, 0.3) is 5.91 Å². The van der Waals surface area contributed by atoms with Crippen LogP contribution >= 0.6 is 0 Å². The van der Waals surface area contributed by atoms with Crippen LogP contribution in [-0.4, -0.2) is 29.5 Å². The summed E-state index contributed by atoms with van der Waals surface area (Å²) in [6, 6.07) is 15.4. The lowest BCUT2D eigenvalue weighted by Gasteiger charge is -2.10. The third-order valence-electron chi connectivity index (χ3n) is 4.24. The van der Waals surface area contributed by atoms with Gasteiger partial charge < -0.3 is 15.4 Å². The molecule has 0 saturated carbocycles. The van der Waals surface area contributed by atoms with E-state index < -0.39 is 0 Å². The van der Waals surface area contributed by atoms with E-state index in [9.17, 15) is 4.79 Å². The summed E-state index contributed by atoms with van der Waals surface area (Å²) in [6.45, 7) is 4.62. The molecule has 0 saturated heterocycles. The van der Waals surface area contributed by atoms with Gasteiger partial charge in [0, 0.05) is 18.4 Å². The van der Waals surface area contributed by atoms with Gasteiger partial charge in [-0.15, -0.1) is 0 Å². The number of amides is 1. The van der Waals surface area contributed by atoms with Crippen molar-refractivity contribution < 1.29 is 9.53 Å². The quantitative estimate of drug-likeness (QED) is 0.652. The minimum absolute atomic E-state index is 0.264. The fourth-order valence-electron chi connectivity index (χ4n) is 3.03. The van der Waals surface area contributed by atoms with Gasteiger partial charge in [-0.2, -0.15) is 0 Å². The summed E-state index contributed by atoms with van der Waals surface area (Å²) in [6.07, 6.45) is 2.33. The summed E-state index contributed by atoms with van der Waals surface area (Å²) in [5.74, 6) is 1.01. The van der Waals surface area contributed by atoms with E-state index in [4.69, 9.17) is 4.74 Å². The molecule has 2 aromatic carbocycles. The van der Waals surface area contributed by atoms with E-state index in [1.54, 1.807) is 19.4 Å². The van der Waals surface area contributed by atoms with Crippen LogP contribution in [0.2, 0.25) is 0 Å². The molecule has 0 bridgehead atoms. The highest BCUT2D eigenvalue weighted by Crippen LogP contribution is 2.18. The van der Waals surface area contributed by atoms with Crippen molar-refractivity contribution >= 4 is 17.5 Å². The molecule has 144 valence electrons. The number of carbonyl (C=O) groups excluding carboxylic acids is 1. The second-order valence-electron chi connectivity index (χ2n) is 6.58. The van der Waals surface area contributed by atoms with E-state index in [1.807, 2.05) is 50.2 Å². The lowest BCUT2D eigenvalue weighted by molar-refractivity contribution is 0.102. The van der Waals surface area contributed by atoms with E-state index in [-0.39, 0.29) is 5.91 Å². The summed E-state index contributed by atoms with van der Waals surface area (Å²) in [5.41, 5.74) is 4.36. The number of carbonyl (C=O) groups is 1. The number of para-hydroxylation sites is 1. The number of aromatic nitrogens is 2. The maximum Gasteiger partial charge on any atom is 0.274 e. The van der Waals surface area contributed by atoms with E-state index in [0.29, 0.717) is 18.2 Å². The fraction of sp³-hybridized carbons (Fsp3) is 0.227. The van der Waals surface area contributed by atoms with E-state index in [0.717, 1.165) is 34.5 Å². The van der Waals surface area contributed by atoms with Crippen molar-refractivity contribution in [3.05, 3.63) is 77.1 Å². The molecule has 0 radical (unpaired) electrons. The van der Waals surface area contributed by atoms with Gasteiger partial charge in [0.05, 0.1) is 7.11 Å². The third kappa shape index (κ3) is 5.07. The minimum atomic E-state index is -0.264. The van der Waals surface area contributed by atoms with E-state index >= 15 is 0 Å². The van der Waals surface area contributed by atoms with Crippen molar-refractivity contribution in [2.24, 2.45) is 0 Å². The van der Waals surface area contributed by atoms with Gasteiger partial charge in [-0.1, -0.05) is 24.3 Å². The summed E-state index contributed by atoms with van der Waals surface area (Å²) in [7, 11) is 1.66. The molecular formula is C22H24N4O2. The van der Waals surface area contributed by atoms with Gasteiger partial charge >= 0.3 is 0 Å². The van der Waals surface area contributed by atoms with Crippen molar-refractivity contribution in [3.8, 4) is 5.75 Å². The average Bonchev–Trinajstić information content (AvgIpc) is 2.68. The molecule has 3 aromatic rings. The van der Waals surface area contributed by atoms with Crippen molar-refractivity contribution in [1.29, 1.82) is 0 Å². The van der Waals surface area contributed by atoms with Crippen LogP contribution in [0.5, 0.6) is 5.75 Å². The van der Waals surface area contributed by atoms with Crippen LogP contribution < -0.4 is 15.4 Å². The molecular weight excluding hydrogens is 352 g/mol. The number of benzene rings is 2. The summed E-state index contributed by atoms with van der Waals surface area (Å²) >= 11 is 0. The molecule has 0 fully saturated rings. The predicted molar refractivity (Wildman–Crippen MR) is 111 cm³/mol. The Bertz CT molecular complexity index is 952. The number of ether oxygens (including phenoxy) is 1. The maximum atomic E-state index is 12.5. The molecule has 0 aliphatic carbocycles. The largest absolute Gasteiger partial charge is 0.496 e. The Kier molecular flexibility index (Phi) is 6.22. The Hall–Kier alpha value is -3.41. The van der Waals surface area contributed by atoms with Crippen LogP contribution in [0.1, 0.15) is 27.2 Å². The highest BCUT2D eigenvalue weighted by atomic mass is 16.5. The zero-order valence-corrected chi connectivity index (χ0v) is 16.3. The van der Waals surface area contributed by atoms with Gasteiger partial charge in [0.15, 0.2) is 0 Å². The Morgan fingerprint density at radius 2 is 1.82 bits per heavy atom. The Morgan fingerprint density at radius 3 is 2.57 bits per heavy atom. The van der Waals surface area contributed by atoms with Gasteiger partial charge in [-0.3, -0.25) is 4.79 Å². The van der Waals surface area contributed by atoms with Gasteiger partial charge in [-0.05, 0) is 61.2 Å². The number of hydrogen-bond acceptors (Lipinski definition) is 5. The van der Waals surface area contributed by atoms with Crippen LogP contribution in [0.25, 0.3) is 0 Å². The first-order valence-electron chi connectivity index (χ1n) is 9.13. The van der Waals surface area contributed by atoms with Gasteiger partial charge in [0.2, 0.25) is 5.95 Å². The van der Waals surface area contributed by atoms with Crippen molar-refractivity contribution in [2.45, 2.75) is 20.3 Å². The highest BCUT2D eigenvalue weighted by Gasteiger charge is 2.10. The first-order chi connectivity index (χ1) is 13.5. The van der Waals surface area contributed by atoms with E-state index in [2.05, 4.69) is 26.7 Å². The number of hydrogen-bond donors (Lipinski definition) is 2. The van der Waals surface area contributed by atoms with Crippen LogP contribution in [0.15, 0.2) is 54.7 Å². The van der Waals surface area contributed by atoms with Crippen molar-refractivity contribution in [2.75, 3.05) is 24.3 Å². The molecule has 1 aromatic heterocycles. The zero-order chi connectivity index (χ0) is 19.9. The average molecular weight is 376 g/mol. The first-order valence-corrected chi connectivity index (χ1v) is 9.13. The molecule has 2 N–H and O–H groups in total.